The van der Waals surface area contributed by atoms with Crippen LogP contribution < -0.4 is 5.32 Å². The molecule has 0 saturated heterocycles. The maximum absolute atomic E-state index is 11.3. The number of amides is 1. The van der Waals surface area contributed by atoms with E-state index in [-0.39, 0.29) is 11.8 Å². The van der Waals surface area contributed by atoms with Crippen LogP contribution in [-0.4, -0.2) is 23.5 Å². The third-order valence-corrected chi connectivity index (χ3v) is 3.26. The number of hydrogen-bond acceptors (Lipinski definition) is 2. The summed E-state index contributed by atoms with van der Waals surface area (Å²) in [6, 6.07) is 0. The monoisotopic (exact) mass is 227 g/mol. The van der Waals surface area contributed by atoms with Crippen molar-refractivity contribution < 1.29 is 14.7 Å². The number of nitrogens with one attached hydrogen (secondary N) is 1. The van der Waals surface area contributed by atoms with Crippen LogP contribution in [0.1, 0.15) is 45.4 Å². The molecule has 0 aromatic rings. The fraction of sp³-hybridized carbons (Fsp3) is 0.833. The number of carbonyl (C=O) groups excluding carboxylic acids is 1. The minimum absolute atomic E-state index is 0.114. The van der Waals surface area contributed by atoms with Gasteiger partial charge in [0.25, 0.3) is 0 Å². The zero-order chi connectivity index (χ0) is 12.0. The lowest BCUT2D eigenvalue weighted by Crippen LogP contribution is -2.32. The highest BCUT2D eigenvalue weighted by atomic mass is 16.4. The van der Waals surface area contributed by atoms with E-state index in [1.807, 2.05) is 6.92 Å². The molecule has 1 rings (SSSR count). The second-order valence-corrected chi connectivity index (χ2v) is 4.61. The Labute approximate surface area is 96.4 Å². The highest BCUT2D eigenvalue weighted by Gasteiger charge is 2.25. The smallest absolute Gasteiger partial charge is 0.306 e. The van der Waals surface area contributed by atoms with Crippen molar-refractivity contribution in [2.75, 3.05) is 6.54 Å². The summed E-state index contributed by atoms with van der Waals surface area (Å²) in [5.41, 5.74) is 0. The number of carboxylic acid groups (broad SMARTS) is 1. The van der Waals surface area contributed by atoms with Gasteiger partial charge in [0.15, 0.2) is 0 Å². The summed E-state index contributed by atoms with van der Waals surface area (Å²) < 4.78 is 0. The average molecular weight is 227 g/mol. The van der Waals surface area contributed by atoms with E-state index in [1.165, 1.54) is 0 Å². The Morgan fingerprint density at radius 1 is 1.25 bits per heavy atom. The van der Waals surface area contributed by atoms with Crippen molar-refractivity contribution in [2.24, 2.45) is 11.8 Å². The number of aliphatic carboxylic acids is 1. The van der Waals surface area contributed by atoms with Gasteiger partial charge in [0.2, 0.25) is 5.91 Å². The molecule has 0 aliphatic heterocycles. The molecule has 1 aliphatic rings. The van der Waals surface area contributed by atoms with Gasteiger partial charge in [-0.2, -0.15) is 0 Å². The Morgan fingerprint density at radius 3 is 2.38 bits per heavy atom. The highest BCUT2D eigenvalue weighted by molar-refractivity contribution is 5.75. The first-order chi connectivity index (χ1) is 7.63. The molecule has 0 atom stereocenters. The summed E-state index contributed by atoms with van der Waals surface area (Å²) in [6.45, 7) is 2.70. The van der Waals surface area contributed by atoms with E-state index >= 15 is 0 Å². The van der Waals surface area contributed by atoms with Crippen LogP contribution in [0, 0.1) is 11.8 Å². The highest BCUT2D eigenvalue weighted by Crippen LogP contribution is 2.28. The molecule has 0 unspecified atom stereocenters. The molecular formula is C12H21NO3. The van der Waals surface area contributed by atoms with Crippen molar-refractivity contribution in [3.63, 3.8) is 0 Å². The zero-order valence-corrected chi connectivity index (χ0v) is 9.87. The molecule has 1 amide bonds. The first-order valence-corrected chi connectivity index (χ1v) is 6.13. The molecule has 1 saturated carbocycles. The zero-order valence-electron chi connectivity index (χ0n) is 9.87. The molecule has 0 radical (unpaired) electrons. The molecule has 0 spiro atoms. The molecule has 1 aliphatic carbocycles. The minimum Gasteiger partial charge on any atom is -0.481 e. The van der Waals surface area contributed by atoms with Gasteiger partial charge in [0.1, 0.15) is 0 Å². The number of carboxylic acids is 1. The summed E-state index contributed by atoms with van der Waals surface area (Å²) in [7, 11) is 0. The van der Waals surface area contributed by atoms with E-state index in [0.29, 0.717) is 18.9 Å². The number of hydrogen-bond donors (Lipinski definition) is 2. The third kappa shape index (κ3) is 4.21. The van der Waals surface area contributed by atoms with E-state index in [9.17, 15) is 9.59 Å². The summed E-state index contributed by atoms with van der Waals surface area (Å²) in [5.74, 6) is -0.254. The van der Waals surface area contributed by atoms with Crippen LogP contribution in [-0.2, 0) is 9.59 Å². The van der Waals surface area contributed by atoms with Crippen molar-refractivity contribution >= 4 is 11.9 Å². The second kappa shape index (κ2) is 6.51. The molecule has 4 nitrogen and oxygen atoms in total. The van der Waals surface area contributed by atoms with Crippen LogP contribution in [0.3, 0.4) is 0 Å². The number of carbonyl (C=O) groups is 2. The maximum atomic E-state index is 11.3. The van der Waals surface area contributed by atoms with Crippen LogP contribution in [0.2, 0.25) is 0 Å². The standard InChI is InChI=1S/C12H21NO3/c1-2-3-11(14)13-8-9-4-6-10(7-5-9)12(15)16/h9-10H,2-8H2,1H3,(H,13,14)(H,15,16)/t9-,10-. The van der Waals surface area contributed by atoms with Gasteiger partial charge < -0.3 is 10.4 Å². The van der Waals surface area contributed by atoms with Gasteiger partial charge in [-0.25, -0.2) is 0 Å². The van der Waals surface area contributed by atoms with E-state index < -0.39 is 5.97 Å². The lowest BCUT2D eigenvalue weighted by atomic mass is 9.82. The largest absolute Gasteiger partial charge is 0.481 e. The van der Waals surface area contributed by atoms with Gasteiger partial charge in [0, 0.05) is 13.0 Å². The normalized spacial score (nSPS) is 25.1. The van der Waals surface area contributed by atoms with E-state index in [0.717, 1.165) is 32.1 Å². The SMILES string of the molecule is CCCC(=O)NC[C@H]1CC[C@H](C(=O)O)CC1. The quantitative estimate of drug-likeness (QED) is 0.752. The summed E-state index contributed by atoms with van der Waals surface area (Å²) >= 11 is 0. The van der Waals surface area contributed by atoms with Crippen molar-refractivity contribution in [3.05, 3.63) is 0 Å². The Morgan fingerprint density at radius 2 is 1.88 bits per heavy atom. The molecule has 4 heteroatoms. The fourth-order valence-electron chi connectivity index (χ4n) is 2.19. The first-order valence-electron chi connectivity index (χ1n) is 6.13. The molecule has 0 bridgehead atoms. The molecule has 0 aromatic carbocycles. The average Bonchev–Trinajstić information content (AvgIpc) is 2.27. The molecule has 16 heavy (non-hydrogen) atoms. The summed E-state index contributed by atoms with van der Waals surface area (Å²) in [5, 5.41) is 11.8. The first kappa shape index (κ1) is 13.0. The van der Waals surface area contributed by atoms with Crippen molar-refractivity contribution in [3.8, 4) is 0 Å². The molecule has 92 valence electrons. The van der Waals surface area contributed by atoms with Gasteiger partial charge in [0.05, 0.1) is 5.92 Å². The summed E-state index contributed by atoms with van der Waals surface area (Å²) in [6.07, 6.45) is 4.81. The van der Waals surface area contributed by atoms with Gasteiger partial charge in [-0.1, -0.05) is 6.92 Å². The van der Waals surface area contributed by atoms with E-state index in [2.05, 4.69) is 5.32 Å². The molecule has 1 fully saturated rings. The van der Waals surface area contributed by atoms with Crippen molar-refractivity contribution in [1.29, 1.82) is 0 Å². The molecule has 0 aromatic heterocycles. The van der Waals surface area contributed by atoms with Crippen molar-refractivity contribution in [1.82, 2.24) is 5.32 Å². The number of rotatable bonds is 5. The van der Waals surface area contributed by atoms with Gasteiger partial charge in [-0.3, -0.25) is 9.59 Å². The van der Waals surface area contributed by atoms with E-state index in [1.54, 1.807) is 0 Å². The molecular weight excluding hydrogens is 206 g/mol. The van der Waals surface area contributed by atoms with Crippen molar-refractivity contribution in [2.45, 2.75) is 45.4 Å². The predicted octanol–water partition coefficient (Wildman–Crippen LogP) is 1.79. The van der Waals surface area contributed by atoms with Gasteiger partial charge in [-0.05, 0) is 38.0 Å². The van der Waals surface area contributed by atoms with Crippen LogP contribution in [0.15, 0.2) is 0 Å². The van der Waals surface area contributed by atoms with Crippen LogP contribution in [0.25, 0.3) is 0 Å². The Hall–Kier alpha value is -1.06. The van der Waals surface area contributed by atoms with Crippen LogP contribution in [0.5, 0.6) is 0 Å². The summed E-state index contributed by atoms with van der Waals surface area (Å²) in [4.78, 5) is 22.0. The Bertz CT molecular complexity index is 245. The van der Waals surface area contributed by atoms with Crippen LogP contribution in [0.4, 0.5) is 0 Å². The minimum atomic E-state index is -0.673. The van der Waals surface area contributed by atoms with E-state index in [4.69, 9.17) is 5.11 Å². The topological polar surface area (TPSA) is 66.4 Å². The Kier molecular flexibility index (Phi) is 5.29. The fourth-order valence-corrected chi connectivity index (χ4v) is 2.19. The maximum Gasteiger partial charge on any atom is 0.306 e. The Balaban J connectivity index is 2.17. The lowest BCUT2D eigenvalue weighted by Gasteiger charge is -2.26. The molecule has 2 N–H and O–H groups in total. The lowest BCUT2D eigenvalue weighted by molar-refractivity contribution is -0.143. The van der Waals surface area contributed by atoms with Gasteiger partial charge >= 0.3 is 5.97 Å². The third-order valence-electron chi connectivity index (χ3n) is 3.26. The van der Waals surface area contributed by atoms with Crippen LogP contribution >= 0.6 is 0 Å². The molecule has 0 heterocycles. The van der Waals surface area contributed by atoms with Gasteiger partial charge in [-0.15, -0.1) is 0 Å². The second-order valence-electron chi connectivity index (χ2n) is 4.61. The predicted molar refractivity (Wildman–Crippen MR) is 61.0 cm³/mol.